The minimum Gasteiger partial charge on any atom is -0.497 e. The maximum Gasteiger partial charge on any atom is 0.251 e. The molecule has 0 saturated heterocycles. The average molecular weight is 291 g/mol. The summed E-state index contributed by atoms with van der Waals surface area (Å²) < 4.78 is 10.3. The molecule has 0 aliphatic carbocycles. The van der Waals surface area contributed by atoms with Crippen LogP contribution < -0.4 is 14.8 Å². The standard InChI is InChI=1S/C15H17NO3S/c1-18-13-7-12(8-14(9-13)19-2)15(17)16-5-3-11-4-6-20-10-11/h4,6-10H,3,5H2,1-2H3,(H,16,17). The van der Waals surface area contributed by atoms with Gasteiger partial charge in [0.05, 0.1) is 14.2 Å². The van der Waals surface area contributed by atoms with Crippen molar-refractivity contribution in [1.82, 2.24) is 5.32 Å². The van der Waals surface area contributed by atoms with E-state index in [4.69, 9.17) is 9.47 Å². The Morgan fingerprint density at radius 3 is 2.45 bits per heavy atom. The average Bonchev–Trinajstić information content (AvgIpc) is 2.99. The van der Waals surface area contributed by atoms with Gasteiger partial charge < -0.3 is 14.8 Å². The second-order valence-corrected chi connectivity index (χ2v) is 5.02. The number of carbonyl (C=O) groups is 1. The first-order valence-electron chi connectivity index (χ1n) is 6.25. The van der Waals surface area contributed by atoms with Crippen LogP contribution in [-0.2, 0) is 6.42 Å². The van der Waals surface area contributed by atoms with E-state index in [2.05, 4.69) is 16.8 Å². The monoisotopic (exact) mass is 291 g/mol. The van der Waals surface area contributed by atoms with Crippen LogP contribution in [0.15, 0.2) is 35.0 Å². The van der Waals surface area contributed by atoms with Crippen molar-refractivity contribution in [2.45, 2.75) is 6.42 Å². The molecule has 2 aromatic rings. The summed E-state index contributed by atoms with van der Waals surface area (Å²) in [5.74, 6) is 1.08. The fourth-order valence-electron chi connectivity index (χ4n) is 1.80. The molecule has 20 heavy (non-hydrogen) atoms. The van der Waals surface area contributed by atoms with Crippen LogP contribution in [0.3, 0.4) is 0 Å². The molecule has 0 unspecified atom stereocenters. The summed E-state index contributed by atoms with van der Waals surface area (Å²) in [5.41, 5.74) is 1.77. The number of ether oxygens (including phenoxy) is 2. The summed E-state index contributed by atoms with van der Waals surface area (Å²) in [6, 6.07) is 7.19. The Balaban J connectivity index is 1.97. The second kappa shape index (κ2) is 6.96. The number of hydrogen-bond acceptors (Lipinski definition) is 4. The molecule has 1 heterocycles. The number of carbonyl (C=O) groups excluding carboxylic acids is 1. The van der Waals surface area contributed by atoms with Crippen molar-refractivity contribution < 1.29 is 14.3 Å². The van der Waals surface area contributed by atoms with Gasteiger partial charge in [-0.15, -0.1) is 0 Å². The number of methoxy groups -OCH3 is 2. The van der Waals surface area contributed by atoms with Gasteiger partial charge in [0.15, 0.2) is 0 Å². The molecule has 0 fully saturated rings. The third kappa shape index (κ3) is 3.74. The first-order valence-corrected chi connectivity index (χ1v) is 7.19. The zero-order chi connectivity index (χ0) is 14.4. The van der Waals surface area contributed by atoms with Crippen LogP contribution >= 0.6 is 11.3 Å². The Morgan fingerprint density at radius 1 is 1.20 bits per heavy atom. The number of hydrogen-bond donors (Lipinski definition) is 1. The predicted molar refractivity (Wildman–Crippen MR) is 79.9 cm³/mol. The first-order chi connectivity index (χ1) is 9.72. The van der Waals surface area contributed by atoms with E-state index in [1.807, 2.05) is 5.38 Å². The molecule has 106 valence electrons. The molecule has 0 aliphatic rings. The summed E-state index contributed by atoms with van der Waals surface area (Å²) in [6.07, 6.45) is 0.830. The van der Waals surface area contributed by atoms with Crippen molar-refractivity contribution in [2.75, 3.05) is 20.8 Å². The quantitative estimate of drug-likeness (QED) is 0.890. The fraction of sp³-hybridized carbons (Fsp3) is 0.267. The molecule has 0 bridgehead atoms. The molecule has 4 nitrogen and oxygen atoms in total. The SMILES string of the molecule is COc1cc(OC)cc(C(=O)NCCc2ccsc2)c1. The van der Waals surface area contributed by atoms with Crippen molar-refractivity contribution in [3.8, 4) is 11.5 Å². The number of thiophene rings is 1. The van der Waals surface area contributed by atoms with E-state index in [-0.39, 0.29) is 5.91 Å². The summed E-state index contributed by atoms with van der Waals surface area (Å²) in [6.45, 7) is 0.606. The lowest BCUT2D eigenvalue weighted by Crippen LogP contribution is -2.25. The van der Waals surface area contributed by atoms with Crippen molar-refractivity contribution in [3.05, 3.63) is 46.2 Å². The van der Waals surface area contributed by atoms with Crippen LogP contribution in [-0.4, -0.2) is 26.7 Å². The highest BCUT2D eigenvalue weighted by molar-refractivity contribution is 7.07. The van der Waals surface area contributed by atoms with Crippen molar-refractivity contribution in [1.29, 1.82) is 0 Å². The van der Waals surface area contributed by atoms with Gasteiger partial charge in [0.2, 0.25) is 0 Å². The van der Waals surface area contributed by atoms with Crippen LogP contribution in [0.2, 0.25) is 0 Å². The van der Waals surface area contributed by atoms with Gasteiger partial charge in [-0.3, -0.25) is 4.79 Å². The Kier molecular flexibility index (Phi) is 5.01. The van der Waals surface area contributed by atoms with E-state index in [1.54, 1.807) is 43.8 Å². The lowest BCUT2D eigenvalue weighted by Gasteiger charge is -2.09. The largest absolute Gasteiger partial charge is 0.497 e. The second-order valence-electron chi connectivity index (χ2n) is 4.24. The molecule has 0 atom stereocenters. The molecular formula is C15H17NO3S. The van der Waals surface area contributed by atoms with Crippen LogP contribution in [0.4, 0.5) is 0 Å². The van der Waals surface area contributed by atoms with Crippen LogP contribution in [0.1, 0.15) is 15.9 Å². The molecule has 2 rings (SSSR count). The third-order valence-corrected chi connectivity index (χ3v) is 3.63. The molecule has 0 radical (unpaired) electrons. The maximum atomic E-state index is 12.1. The normalized spacial score (nSPS) is 10.1. The Labute approximate surface area is 122 Å². The summed E-state index contributed by atoms with van der Waals surface area (Å²) in [4.78, 5) is 12.1. The van der Waals surface area contributed by atoms with E-state index in [1.165, 1.54) is 5.56 Å². The maximum absolute atomic E-state index is 12.1. The van der Waals surface area contributed by atoms with Gasteiger partial charge in [-0.2, -0.15) is 11.3 Å². The highest BCUT2D eigenvalue weighted by atomic mass is 32.1. The van der Waals surface area contributed by atoms with E-state index >= 15 is 0 Å². The fourth-order valence-corrected chi connectivity index (χ4v) is 2.50. The van der Waals surface area contributed by atoms with Gasteiger partial charge in [-0.05, 0) is 40.9 Å². The molecule has 1 N–H and O–H groups in total. The van der Waals surface area contributed by atoms with E-state index in [9.17, 15) is 4.79 Å². The summed E-state index contributed by atoms with van der Waals surface area (Å²) >= 11 is 1.66. The zero-order valence-electron chi connectivity index (χ0n) is 11.5. The van der Waals surface area contributed by atoms with E-state index in [0.29, 0.717) is 23.6 Å². The van der Waals surface area contributed by atoms with Gasteiger partial charge in [0.25, 0.3) is 5.91 Å². The Bertz CT molecular complexity index is 544. The smallest absolute Gasteiger partial charge is 0.251 e. The molecular weight excluding hydrogens is 274 g/mol. The molecule has 5 heteroatoms. The summed E-state index contributed by atoms with van der Waals surface area (Å²) in [7, 11) is 3.13. The van der Waals surface area contributed by atoms with Crippen molar-refractivity contribution in [3.63, 3.8) is 0 Å². The van der Waals surface area contributed by atoms with Crippen LogP contribution in [0.5, 0.6) is 11.5 Å². The molecule has 0 saturated carbocycles. The lowest BCUT2D eigenvalue weighted by atomic mass is 10.1. The van der Waals surface area contributed by atoms with Crippen LogP contribution in [0.25, 0.3) is 0 Å². The van der Waals surface area contributed by atoms with Gasteiger partial charge in [-0.25, -0.2) is 0 Å². The summed E-state index contributed by atoms with van der Waals surface area (Å²) in [5, 5.41) is 7.01. The van der Waals surface area contributed by atoms with E-state index < -0.39 is 0 Å². The Morgan fingerprint density at radius 2 is 1.90 bits per heavy atom. The van der Waals surface area contributed by atoms with Gasteiger partial charge in [-0.1, -0.05) is 0 Å². The van der Waals surface area contributed by atoms with Gasteiger partial charge in [0.1, 0.15) is 11.5 Å². The highest BCUT2D eigenvalue weighted by Crippen LogP contribution is 2.22. The molecule has 1 aromatic carbocycles. The minimum absolute atomic E-state index is 0.127. The topological polar surface area (TPSA) is 47.6 Å². The number of amides is 1. The van der Waals surface area contributed by atoms with E-state index in [0.717, 1.165) is 6.42 Å². The van der Waals surface area contributed by atoms with Gasteiger partial charge >= 0.3 is 0 Å². The number of nitrogens with one attached hydrogen (secondary N) is 1. The number of benzene rings is 1. The van der Waals surface area contributed by atoms with Crippen molar-refractivity contribution in [2.24, 2.45) is 0 Å². The van der Waals surface area contributed by atoms with Crippen LogP contribution in [0, 0.1) is 0 Å². The minimum atomic E-state index is -0.127. The molecule has 1 amide bonds. The Hall–Kier alpha value is -2.01. The first kappa shape index (κ1) is 14.4. The zero-order valence-corrected chi connectivity index (χ0v) is 12.3. The molecule has 0 spiro atoms. The number of rotatable bonds is 6. The lowest BCUT2D eigenvalue weighted by molar-refractivity contribution is 0.0953. The predicted octanol–water partition coefficient (Wildman–Crippen LogP) is 2.74. The highest BCUT2D eigenvalue weighted by Gasteiger charge is 2.09. The molecule has 1 aromatic heterocycles. The third-order valence-electron chi connectivity index (χ3n) is 2.89. The molecule has 0 aliphatic heterocycles. The van der Waals surface area contributed by atoms with Gasteiger partial charge in [0, 0.05) is 18.2 Å². The van der Waals surface area contributed by atoms with Crippen molar-refractivity contribution >= 4 is 17.2 Å².